The molecule has 1 aliphatic carbocycles. The molecule has 2 aliphatic rings. The molecule has 1 heterocycles. The topological polar surface area (TPSA) is 49.8 Å². The summed E-state index contributed by atoms with van der Waals surface area (Å²) in [6, 6.07) is 12.3. The molecule has 4 rings (SSSR count). The molecule has 1 saturated carbocycles. The summed E-state index contributed by atoms with van der Waals surface area (Å²) in [5.41, 5.74) is 1.39. The van der Waals surface area contributed by atoms with Crippen molar-refractivity contribution in [3.8, 4) is 11.5 Å². The number of benzene rings is 2. The number of aromatic hydroxyl groups is 1. The van der Waals surface area contributed by atoms with E-state index in [0.717, 1.165) is 23.3 Å². The summed E-state index contributed by atoms with van der Waals surface area (Å²) in [6.07, 6.45) is 4.53. The molecule has 28 heavy (non-hydrogen) atoms. The first-order valence-electron chi connectivity index (χ1n) is 9.35. The van der Waals surface area contributed by atoms with Crippen molar-refractivity contribution in [2.75, 3.05) is 7.11 Å². The first kappa shape index (κ1) is 18.9. The zero-order valence-electron chi connectivity index (χ0n) is 15.6. The molecule has 0 bridgehead atoms. The fourth-order valence-corrected chi connectivity index (χ4v) is 4.67. The van der Waals surface area contributed by atoms with Crippen LogP contribution in [0.1, 0.15) is 30.4 Å². The van der Waals surface area contributed by atoms with Gasteiger partial charge in [-0.25, -0.2) is 4.39 Å². The van der Waals surface area contributed by atoms with Gasteiger partial charge in [0.1, 0.15) is 5.75 Å². The fourth-order valence-electron chi connectivity index (χ4n) is 3.46. The van der Waals surface area contributed by atoms with E-state index in [1.807, 2.05) is 17.0 Å². The number of methoxy groups -OCH3 is 1. The van der Waals surface area contributed by atoms with Gasteiger partial charge < -0.3 is 14.7 Å². The molecule has 6 heteroatoms. The van der Waals surface area contributed by atoms with Gasteiger partial charge in [0.15, 0.2) is 11.6 Å². The van der Waals surface area contributed by atoms with Crippen molar-refractivity contribution in [1.29, 1.82) is 0 Å². The maximum Gasteiger partial charge on any atom is 0.236 e. The second kappa shape index (κ2) is 7.87. The Morgan fingerprint density at radius 2 is 2.07 bits per heavy atom. The first-order valence-corrected chi connectivity index (χ1v) is 10.2. The number of hydrogen-bond acceptors (Lipinski definition) is 4. The maximum absolute atomic E-state index is 14.6. The average Bonchev–Trinajstić information content (AvgIpc) is 3.42. The van der Waals surface area contributed by atoms with Gasteiger partial charge in [0.2, 0.25) is 5.91 Å². The molecule has 1 atom stereocenters. The van der Waals surface area contributed by atoms with Gasteiger partial charge in [0, 0.05) is 23.1 Å². The zero-order valence-corrected chi connectivity index (χ0v) is 16.4. The molecule has 1 aliphatic heterocycles. The van der Waals surface area contributed by atoms with Gasteiger partial charge in [-0.05, 0) is 43.0 Å². The van der Waals surface area contributed by atoms with Crippen LogP contribution in [0.4, 0.5) is 4.39 Å². The molecule has 0 saturated heterocycles. The number of carbonyl (C=O) groups excluding carboxylic acids is 1. The Morgan fingerprint density at radius 3 is 2.79 bits per heavy atom. The number of rotatable bonds is 6. The number of carbonyl (C=O) groups is 1. The van der Waals surface area contributed by atoms with Crippen LogP contribution < -0.4 is 4.74 Å². The number of amides is 1. The SMILES string of the molecule is COc1cccc(C2=CCC(C(=O)N(Cc3cccc(O)c3)C3CC3)S2)c1F. The van der Waals surface area contributed by atoms with Crippen molar-refractivity contribution in [2.45, 2.75) is 37.1 Å². The molecule has 0 aromatic heterocycles. The molecule has 0 radical (unpaired) electrons. The van der Waals surface area contributed by atoms with Crippen LogP contribution in [0.15, 0.2) is 48.5 Å². The lowest BCUT2D eigenvalue weighted by Crippen LogP contribution is -2.38. The Balaban J connectivity index is 1.48. The van der Waals surface area contributed by atoms with E-state index in [0.29, 0.717) is 18.5 Å². The number of nitrogens with zero attached hydrogens (tertiary/aromatic N) is 1. The van der Waals surface area contributed by atoms with E-state index in [2.05, 4.69) is 0 Å². The second-order valence-electron chi connectivity index (χ2n) is 7.10. The number of phenols is 1. The van der Waals surface area contributed by atoms with Crippen molar-refractivity contribution in [3.05, 3.63) is 65.5 Å². The van der Waals surface area contributed by atoms with E-state index >= 15 is 0 Å². The lowest BCUT2D eigenvalue weighted by molar-refractivity contribution is -0.131. The van der Waals surface area contributed by atoms with Gasteiger partial charge >= 0.3 is 0 Å². The van der Waals surface area contributed by atoms with Crippen LogP contribution >= 0.6 is 11.8 Å². The van der Waals surface area contributed by atoms with E-state index < -0.39 is 5.82 Å². The molecule has 2 aromatic carbocycles. The van der Waals surface area contributed by atoms with Crippen molar-refractivity contribution in [3.63, 3.8) is 0 Å². The van der Waals surface area contributed by atoms with E-state index in [-0.39, 0.29) is 28.7 Å². The normalized spacial score (nSPS) is 18.6. The first-order chi connectivity index (χ1) is 13.6. The Bertz CT molecular complexity index is 926. The lowest BCUT2D eigenvalue weighted by atomic mass is 10.1. The number of halogens is 1. The Labute approximate surface area is 168 Å². The summed E-state index contributed by atoms with van der Waals surface area (Å²) in [4.78, 5) is 15.9. The zero-order chi connectivity index (χ0) is 19.7. The molecule has 1 unspecified atom stereocenters. The number of phenolic OH excluding ortho intramolecular Hbond substituents is 1. The summed E-state index contributed by atoms with van der Waals surface area (Å²) in [5, 5.41) is 9.45. The van der Waals surface area contributed by atoms with Crippen molar-refractivity contribution in [1.82, 2.24) is 4.90 Å². The van der Waals surface area contributed by atoms with Crippen LogP contribution in [0.3, 0.4) is 0 Å². The summed E-state index contributed by atoms with van der Waals surface area (Å²) >= 11 is 1.42. The Kier molecular flexibility index (Phi) is 5.31. The monoisotopic (exact) mass is 399 g/mol. The molecule has 4 nitrogen and oxygen atoms in total. The largest absolute Gasteiger partial charge is 0.508 e. The third-order valence-electron chi connectivity index (χ3n) is 5.04. The molecule has 0 spiro atoms. The van der Waals surface area contributed by atoms with Crippen molar-refractivity contribution in [2.24, 2.45) is 0 Å². The molecular formula is C22H22FNO3S. The minimum Gasteiger partial charge on any atom is -0.508 e. The Hall–Kier alpha value is -2.47. The van der Waals surface area contributed by atoms with Crippen molar-refractivity contribution < 1.29 is 19.0 Å². The average molecular weight is 399 g/mol. The van der Waals surface area contributed by atoms with Gasteiger partial charge in [-0.1, -0.05) is 30.3 Å². The third-order valence-corrected chi connectivity index (χ3v) is 6.36. The van der Waals surface area contributed by atoms with Gasteiger partial charge in [-0.2, -0.15) is 0 Å². The predicted octanol–water partition coefficient (Wildman–Crippen LogP) is 4.58. The minimum atomic E-state index is -0.393. The van der Waals surface area contributed by atoms with E-state index in [4.69, 9.17) is 4.74 Å². The molecule has 1 fully saturated rings. The highest BCUT2D eigenvalue weighted by atomic mass is 32.2. The molecule has 1 N–H and O–H groups in total. The predicted molar refractivity (Wildman–Crippen MR) is 109 cm³/mol. The quantitative estimate of drug-likeness (QED) is 0.773. The fraction of sp³-hybridized carbons (Fsp3) is 0.318. The number of allylic oxidation sites excluding steroid dienone is 1. The minimum absolute atomic E-state index is 0.0744. The number of hydrogen-bond donors (Lipinski definition) is 1. The van der Waals surface area contributed by atoms with Gasteiger partial charge in [-0.3, -0.25) is 4.79 Å². The molecule has 146 valence electrons. The third kappa shape index (κ3) is 3.87. The summed E-state index contributed by atoms with van der Waals surface area (Å²) < 4.78 is 19.6. The summed E-state index contributed by atoms with van der Waals surface area (Å²) in [5.74, 6) is 0.0896. The summed E-state index contributed by atoms with van der Waals surface area (Å²) in [7, 11) is 1.44. The van der Waals surface area contributed by atoms with Gasteiger partial charge in [0.05, 0.1) is 12.4 Å². The molecule has 2 aromatic rings. The highest BCUT2D eigenvalue weighted by Gasteiger charge is 2.38. The summed E-state index contributed by atoms with van der Waals surface area (Å²) in [6.45, 7) is 0.484. The smallest absolute Gasteiger partial charge is 0.236 e. The van der Waals surface area contributed by atoms with Crippen LogP contribution in [-0.2, 0) is 11.3 Å². The highest BCUT2D eigenvalue weighted by molar-refractivity contribution is 8.09. The lowest BCUT2D eigenvalue weighted by Gasteiger charge is -2.25. The van der Waals surface area contributed by atoms with Crippen LogP contribution in [-0.4, -0.2) is 34.3 Å². The van der Waals surface area contributed by atoms with Crippen LogP contribution in [0, 0.1) is 5.82 Å². The van der Waals surface area contributed by atoms with E-state index in [9.17, 15) is 14.3 Å². The highest BCUT2D eigenvalue weighted by Crippen LogP contribution is 2.43. The van der Waals surface area contributed by atoms with Crippen LogP contribution in [0.5, 0.6) is 11.5 Å². The number of thioether (sulfide) groups is 1. The molecular weight excluding hydrogens is 377 g/mol. The van der Waals surface area contributed by atoms with Crippen LogP contribution in [0.25, 0.3) is 4.91 Å². The van der Waals surface area contributed by atoms with Gasteiger partial charge in [-0.15, -0.1) is 11.8 Å². The van der Waals surface area contributed by atoms with Crippen LogP contribution in [0.2, 0.25) is 0 Å². The number of ether oxygens (including phenoxy) is 1. The van der Waals surface area contributed by atoms with E-state index in [1.54, 1.807) is 36.4 Å². The van der Waals surface area contributed by atoms with Gasteiger partial charge in [0.25, 0.3) is 0 Å². The van der Waals surface area contributed by atoms with E-state index in [1.165, 1.54) is 18.9 Å². The standard InChI is InChI=1S/C22H22FNO3S/c1-27-18-7-3-6-17(21(18)23)19-10-11-20(28-19)22(26)24(15-8-9-15)13-14-4-2-5-16(25)12-14/h2-7,10,12,15,20,25H,8-9,11,13H2,1H3. The Morgan fingerprint density at radius 1 is 1.29 bits per heavy atom. The second-order valence-corrected chi connectivity index (χ2v) is 8.34. The van der Waals surface area contributed by atoms with Crippen molar-refractivity contribution >= 4 is 22.6 Å². The molecule has 1 amide bonds. The maximum atomic E-state index is 14.6.